The highest BCUT2D eigenvalue weighted by Crippen LogP contribution is 2.23. The van der Waals surface area contributed by atoms with Crippen LogP contribution in [0.3, 0.4) is 0 Å². The van der Waals surface area contributed by atoms with Crippen LogP contribution in [0.15, 0.2) is 24.5 Å². The summed E-state index contributed by atoms with van der Waals surface area (Å²) >= 11 is 0. The number of aromatic nitrogens is 1. The summed E-state index contributed by atoms with van der Waals surface area (Å²) in [6.07, 6.45) is 6.49. The Balaban J connectivity index is 1.64. The molecule has 0 saturated heterocycles. The third kappa shape index (κ3) is 3.01. The first-order valence-electron chi connectivity index (χ1n) is 5.62. The first kappa shape index (κ1) is 10.6. The molecule has 3 nitrogen and oxygen atoms in total. The van der Waals surface area contributed by atoms with E-state index in [0.29, 0.717) is 12.1 Å². The first-order chi connectivity index (χ1) is 7.38. The zero-order chi connectivity index (χ0) is 10.5. The van der Waals surface area contributed by atoms with Gasteiger partial charge in [-0.2, -0.15) is 0 Å². The van der Waals surface area contributed by atoms with Gasteiger partial charge in [0.2, 0.25) is 0 Å². The summed E-state index contributed by atoms with van der Waals surface area (Å²) in [5.41, 5.74) is 1.25. The summed E-state index contributed by atoms with van der Waals surface area (Å²) in [5, 5.41) is 3.50. The molecular weight excluding hydrogens is 188 g/mol. The van der Waals surface area contributed by atoms with Crippen LogP contribution in [0.1, 0.15) is 25.3 Å². The molecule has 0 amide bonds. The number of hydrogen-bond acceptors (Lipinski definition) is 3. The summed E-state index contributed by atoms with van der Waals surface area (Å²) < 4.78 is 5.51. The van der Waals surface area contributed by atoms with E-state index in [4.69, 9.17) is 4.74 Å². The minimum atomic E-state index is 0.487. The minimum absolute atomic E-state index is 0.487. The lowest BCUT2D eigenvalue weighted by Gasteiger charge is -2.35. The van der Waals surface area contributed by atoms with Crippen molar-refractivity contribution >= 4 is 0 Å². The van der Waals surface area contributed by atoms with Crippen LogP contribution >= 0.6 is 0 Å². The number of nitrogens with one attached hydrogen (secondary N) is 1. The molecule has 0 spiro atoms. The number of nitrogens with zero attached hydrogens (tertiary/aromatic N) is 1. The van der Waals surface area contributed by atoms with Crippen LogP contribution in [0.5, 0.6) is 0 Å². The van der Waals surface area contributed by atoms with Crippen LogP contribution in [0.2, 0.25) is 0 Å². The Kier molecular flexibility index (Phi) is 3.69. The Hall–Kier alpha value is -0.930. The van der Waals surface area contributed by atoms with Crippen LogP contribution in [0.4, 0.5) is 0 Å². The molecule has 1 aliphatic rings. The molecule has 0 aliphatic heterocycles. The molecule has 0 unspecified atom stereocenters. The second-order valence-electron chi connectivity index (χ2n) is 3.99. The van der Waals surface area contributed by atoms with E-state index in [-0.39, 0.29) is 0 Å². The van der Waals surface area contributed by atoms with E-state index >= 15 is 0 Å². The molecule has 0 atom stereocenters. The second-order valence-corrected chi connectivity index (χ2v) is 3.99. The highest BCUT2D eigenvalue weighted by molar-refractivity contribution is 5.08. The van der Waals surface area contributed by atoms with E-state index in [2.05, 4.69) is 23.3 Å². The zero-order valence-electron chi connectivity index (χ0n) is 9.15. The Bertz CT molecular complexity index is 283. The van der Waals surface area contributed by atoms with Gasteiger partial charge in [-0.3, -0.25) is 4.98 Å². The molecule has 1 aliphatic carbocycles. The molecule has 0 radical (unpaired) electrons. The zero-order valence-corrected chi connectivity index (χ0v) is 9.15. The van der Waals surface area contributed by atoms with Crippen molar-refractivity contribution in [2.45, 2.75) is 38.5 Å². The predicted molar refractivity (Wildman–Crippen MR) is 59.5 cm³/mol. The standard InChI is InChI=1S/C12H18N2O/c1-2-15-12-6-11(7-12)14-9-10-4-3-5-13-8-10/h3-5,8,11-12,14H,2,6-7,9H2,1H3. The van der Waals surface area contributed by atoms with E-state index < -0.39 is 0 Å². The fraction of sp³-hybridized carbons (Fsp3) is 0.583. The normalized spacial score (nSPS) is 24.9. The largest absolute Gasteiger partial charge is 0.378 e. The van der Waals surface area contributed by atoms with E-state index in [9.17, 15) is 0 Å². The summed E-state index contributed by atoms with van der Waals surface area (Å²) in [7, 11) is 0. The summed E-state index contributed by atoms with van der Waals surface area (Å²) in [4.78, 5) is 4.09. The van der Waals surface area contributed by atoms with Gasteiger partial charge in [-0.25, -0.2) is 0 Å². The Labute approximate surface area is 90.9 Å². The van der Waals surface area contributed by atoms with Crippen molar-refractivity contribution in [2.24, 2.45) is 0 Å². The molecule has 82 valence electrons. The van der Waals surface area contributed by atoms with E-state index in [0.717, 1.165) is 26.0 Å². The van der Waals surface area contributed by atoms with Crippen LogP contribution in [-0.2, 0) is 11.3 Å². The molecular formula is C12H18N2O. The van der Waals surface area contributed by atoms with Crippen molar-refractivity contribution in [1.29, 1.82) is 0 Å². The summed E-state index contributed by atoms with van der Waals surface area (Å²) in [6, 6.07) is 4.70. The van der Waals surface area contributed by atoms with Gasteiger partial charge in [-0.05, 0) is 31.4 Å². The van der Waals surface area contributed by atoms with Crippen molar-refractivity contribution in [3.8, 4) is 0 Å². The van der Waals surface area contributed by atoms with E-state index in [1.165, 1.54) is 5.56 Å². The third-order valence-electron chi connectivity index (χ3n) is 2.81. The Morgan fingerprint density at radius 3 is 3.07 bits per heavy atom. The number of ether oxygens (including phenoxy) is 1. The highest BCUT2D eigenvalue weighted by atomic mass is 16.5. The fourth-order valence-corrected chi connectivity index (χ4v) is 1.87. The van der Waals surface area contributed by atoms with Crippen molar-refractivity contribution in [3.05, 3.63) is 30.1 Å². The summed E-state index contributed by atoms with van der Waals surface area (Å²) in [5.74, 6) is 0. The summed E-state index contributed by atoms with van der Waals surface area (Å²) in [6.45, 7) is 3.80. The van der Waals surface area contributed by atoms with E-state index in [1.54, 1.807) is 6.20 Å². The fourth-order valence-electron chi connectivity index (χ4n) is 1.87. The molecule has 0 aromatic carbocycles. The van der Waals surface area contributed by atoms with Crippen molar-refractivity contribution < 1.29 is 4.74 Å². The minimum Gasteiger partial charge on any atom is -0.378 e. The van der Waals surface area contributed by atoms with Crippen molar-refractivity contribution in [1.82, 2.24) is 10.3 Å². The molecule has 3 heteroatoms. The van der Waals surface area contributed by atoms with Crippen molar-refractivity contribution in [2.75, 3.05) is 6.61 Å². The van der Waals surface area contributed by atoms with Gasteiger partial charge in [0.15, 0.2) is 0 Å². The van der Waals surface area contributed by atoms with Gasteiger partial charge in [-0.1, -0.05) is 6.07 Å². The lowest BCUT2D eigenvalue weighted by molar-refractivity contribution is -0.0102. The van der Waals surface area contributed by atoms with Gasteiger partial charge in [0.1, 0.15) is 0 Å². The lowest BCUT2D eigenvalue weighted by atomic mass is 9.89. The molecule has 1 heterocycles. The highest BCUT2D eigenvalue weighted by Gasteiger charge is 2.28. The quantitative estimate of drug-likeness (QED) is 0.796. The van der Waals surface area contributed by atoms with Gasteiger partial charge >= 0.3 is 0 Å². The predicted octanol–water partition coefficient (Wildman–Crippen LogP) is 1.74. The maximum Gasteiger partial charge on any atom is 0.0604 e. The topological polar surface area (TPSA) is 34.1 Å². The Morgan fingerprint density at radius 1 is 1.53 bits per heavy atom. The maximum absolute atomic E-state index is 5.51. The van der Waals surface area contributed by atoms with Crippen molar-refractivity contribution in [3.63, 3.8) is 0 Å². The molecule has 1 N–H and O–H groups in total. The molecule has 2 rings (SSSR count). The van der Waals surface area contributed by atoms with Crippen LogP contribution < -0.4 is 5.32 Å². The molecule has 1 saturated carbocycles. The van der Waals surface area contributed by atoms with Crippen LogP contribution in [0.25, 0.3) is 0 Å². The molecule has 1 aromatic heterocycles. The molecule has 1 fully saturated rings. The number of rotatable bonds is 5. The van der Waals surface area contributed by atoms with E-state index in [1.807, 2.05) is 12.3 Å². The third-order valence-corrected chi connectivity index (χ3v) is 2.81. The molecule has 0 bridgehead atoms. The van der Waals surface area contributed by atoms with Gasteiger partial charge in [0, 0.05) is 31.6 Å². The van der Waals surface area contributed by atoms with Gasteiger partial charge in [0.05, 0.1) is 6.10 Å². The smallest absolute Gasteiger partial charge is 0.0604 e. The van der Waals surface area contributed by atoms with Gasteiger partial charge < -0.3 is 10.1 Å². The lowest BCUT2D eigenvalue weighted by Crippen LogP contribution is -2.45. The Morgan fingerprint density at radius 2 is 2.40 bits per heavy atom. The van der Waals surface area contributed by atoms with Crippen LogP contribution in [-0.4, -0.2) is 23.7 Å². The monoisotopic (exact) mass is 206 g/mol. The van der Waals surface area contributed by atoms with Gasteiger partial charge in [-0.15, -0.1) is 0 Å². The van der Waals surface area contributed by atoms with Gasteiger partial charge in [0.25, 0.3) is 0 Å². The van der Waals surface area contributed by atoms with Crippen LogP contribution in [0, 0.1) is 0 Å². The second kappa shape index (κ2) is 5.24. The average Bonchev–Trinajstić information content (AvgIpc) is 2.23. The SMILES string of the molecule is CCOC1CC(NCc2cccnc2)C1. The maximum atomic E-state index is 5.51. The molecule has 15 heavy (non-hydrogen) atoms. The number of hydrogen-bond donors (Lipinski definition) is 1. The number of pyridine rings is 1. The first-order valence-corrected chi connectivity index (χ1v) is 5.62. The molecule has 1 aromatic rings. The average molecular weight is 206 g/mol.